The van der Waals surface area contributed by atoms with E-state index in [0.29, 0.717) is 19.3 Å². The van der Waals surface area contributed by atoms with Crippen LogP contribution in [0.25, 0.3) is 0 Å². The number of hydrogen-bond acceptors (Lipinski definition) is 7. The van der Waals surface area contributed by atoms with E-state index in [0.717, 1.165) is 38.5 Å². The topological polar surface area (TPSA) is 142 Å². The normalized spacial score (nSPS) is 29.1. The summed E-state index contributed by atoms with van der Waals surface area (Å²) >= 11 is 0. The largest absolute Gasteiger partial charge is 0.387 e. The highest BCUT2D eigenvalue weighted by molar-refractivity contribution is 4.97. The van der Waals surface area contributed by atoms with E-state index in [9.17, 15) is 35.7 Å². The molecule has 0 spiro atoms. The number of rotatable bonds is 0. The van der Waals surface area contributed by atoms with Crippen molar-refractivity contribution in [2.75, 3.05) is 0 Å². The molecule has 1 rings (SSSR count). The minimum absolute atomic E-state index is 0.0774. The van der Waals surface area contributed by atoms with Crippen LogP contribution < -0.4 is 0 Å². The highest BCUT2D eigenvalue weighted by atomic mass is 16.7. The first-order chi connectivity index (χ1) is 14.1. The van der Waals surface area contributed by atoms with Crippen LogP contribution in [0, 0.1) is 0 Å². The molecule has 7 nitrogen and oxygen atoms in total. The summed E-state index contributed by atoms with van der Waals surface area (Å²) in [5, 5.41) is 70.9. The molecule has 7 heteroatoms. The molecule has 0 aromatic carbocycles. The van der Waals surface area contributed by atoms with Crippen molar-refractivity contribution >= 4 is 0 Å². The summed E-state index contributed by atoms with van der Waals surface area (Å²) in [5.74, 6) is -10.3. The van der Waals surface area contributed by atoms with Crippen LogP contribution >= 0.6 is 0 Å². The van der Waals surface area contributed by atoms with Gasteiger partial charge in [-0.15, -0.1) is 0 Å². The van der Waals surface area contributed by atoms with Gasteiger partial charge in [-0.2, -0.15) is 0 Å². The van der Waals surface area contributed by atoms with Gasteiger partial charge in [0.15, 0.2) is 0 Å². The SMILES string of the molecule is OC1CCCCCCCCCCCCCCCCCCCC(O)(O)C(O)(O)C1(O)O. The van der Waals surface area contributed by atoms with E-state index in [4.69, 9.17) is 0 Å². The van der Waals surface area contributed by atoms with Gasteiger partial charge in [0.25, 0.3) is 11.6 Å². The first-order valence-electron chi connectivity index (χ1n) is 12.2. The van der Waals surface area contributed by atoms with Crippen molar-refractivity contribution in [3.63, 3.8) is 0 Å². The van der Waals surface area contributed by atoms with Crippen LogP contribution in [0.15, 0.2) is 0 Å². The van der Waals surface area contributed by atoms with Crippen molar-refractivity contribution in [1.29, 1.82) is 0 Å². The Bertz CT molecular complexity index is 437. The Morgan fingerprint density at radius 2 is 0.733 bits per heavy atom. The molecule has 30 heavy (non-hydrogen) atoms. The smallest absolute Gasteiger partial charge is 0.276 e. The van der Waals surface area contributed by atoms with Crippen molar-refractivity contribution in [3.05, 3.63) is 0 Å². The minimum atomic E-state index is -3.67. The van der Waals surface area contributed by atoms with Gasteiger partial charge in [-0.05, 0) is 12.8 Å². The van der Waals surface area contributed by atoms with Gasteiger partial charge in [-0.3, -0.25) is 0 Å². The summed E-state index contributed by atoms with van der Waals surface area (Å²) in [4.78, 5) is 0. The monoisotopic (exact) mass is 434 g/mol. The molecule has 0 bridgehead atoms. The molecule has 1 fully saturated rings. The highest BCUT2D eigenvalue weighted by Gasteiger charge is 2.63. The Balaban J connectivity index is 2.61. The molecular weight excluding hydrogens is 388 g/mol. The first-order valence-corrected chi connectivity index (χ1v) is 12.2. The van der Waals surface area contributed by atoms with Crippen molar-refractivity contribution < 1.29 is 35.7 Å². The van der Waals surface area contributed by atoms with Gasteiger partial charge in [-0.25, -0.2) is 0 Å². The summed E-state index contributed by atoms with van der Waals surface area (Å²) in [5.41, 5.74) is 0. The Morgan fingerprint density at radius 3 is 1.10 bits per heavy atom. The van der Waals surface area contributed by atoms with E-state index in [2.05, 4.69) is 0 Å². The highest BCUT2D eigenvalue weighted by Crippen LogP contribution is 2.35. The second kappa shape index (κ2) is 14.0. The van der Waals surface area contributed by atoms with Crippen LogP contribution in [-0.2, 0) is 0 Å². The molecule has 0 aromatic rings. The van der Waals surface area contributed by atoms with E-state index in [1.807, 2.05) is 0 Å². The Morgan fingerprint density at radius 1 is 0.433 bits per heavy atom. The Kier molecular flexibility index (Phi) is 12.9. The van der Waals surface area contributed by atoms with E-state index < -0.39 is 29.9 Å². The number of hydrogen-bond donors (Lipinski definition) is 7. The van der Waals surface area contributed by atoms with Gasteiger partial charge < -0.3 is 35.7 Å². The molecule has 1 unspecified atom stereocenters. The van der Waals surface area contributed by atoms with Gasteiger partial charge >= 0.3 is 0 Å². The van der Waals surface area contributed by atoms with Gasteiger partial charge in [0.1, 0.15) is 6.10 Å². The fourth-order valence-corrected chi connectivity index (χ4v) is 4.26. The quantitative estimate of drug-likeness (QED) is 0.291. The molecule has 0 amide bonds. The van der Waals surface area contributed by atoms with Gasteiger partial charge in [-0.1, -0.05) is 103 Å². The van der Waals surface area contributed by atoms with Gasteiger partial charge in [0.2, 0.25) is 5.79 Å². The van der Waals surface area contributed by atoms with Gasteiger partial charge in [0.05, 0.1) is 0 Å². The fourth-order valence-electron chi connectivity index (χ4n) is 4.26. The molecule has 1 aliphatic carbocycles. The molecule has 180 valence electrons. The maximum Gasteiger partial charge on any atom is 0.276 e. The van der Waals surface area contributed by atoms with Gasteiger partial charge in [0, 0.05) is 6.42 Å². The fraction of sp³-hybridized carbons (Fsp3) is 1.00. The lowest BCUT2D eigenvalue weighted by atomic mass is 9.86. The summed E-state index contributed by atoms with van der Waals surface area (Å²) in [6.07, 6.45) is 14.9. The predicted molar refractivity (Wildman–Crippen MR) is 115 cm³/mol. The molecule has 1 saturated carbocycles. The summed E-state index contributed by atoms with van der Waals surface area (Å²) in [6, 6.07) is 0. The number of aliphatic hydroxyl groups is 7. The zero-order valence-corrected chi connectivity index (χ0v) is 18.6. The minimum Gasteiger partial charge on any atom is -0.387 e. The lowest BCUT2D eigenvalue weighted by molar-refractivity contribution is -0.467. The summed E-state index contributed by atoms with van der Waals surface area (Å²) in [6.45, 7) is 0. The zero-order valence-electron chi connectivity index (χ0n) is 18.6. The molecule has 1 atom stereocenters. The second-order valence-electron chi connectivity index (χ2n) is 9.28. The van der Waals surface area contributed by atoms with Crippen molar-refractivity contribution in [1.82, 2.24) is 0 Å². The van der Waals surface area contributed by atoms with Crippen LogP contribution in [0.3, 0.4) is 0 Å². The van der Waals surface area contributed by atoms with E-state index in [1.165, 1.54) is 51.4 Å². The van der Waals surface area contributed by atoms with Crippen LogP contribution in [0.4, 0.5) is 0 Å². The predicted octanol–water partition coefficient (Wildman–Crippen LogP) is 2.82. The molecule has 1 aliphatic rings. The number of aliphatic hydroxyl groups excluding tert-OH is 1. The molecular formula is C23H46O7. The van der Waals surface area contributed by atoms with Crippen LogP contribution in [-0.4, -0.2) is 59.2 Å². The lowest BCUT2D eigenvalue weighted by Gasteiger charge is -2.44. The summed E-state index contributed by atoms with van der Waals surface area (Å²) in [7, 11) is 0. The average molecular weight is 435 g/mol. The second-order valence-corrected chi connectivity index (χ2v) is 9.28. The van der Waals surface area contributed by atoms with Crippen LogP contribution in [0.2, 0.25) is 0 Å². The standard InChI is InChI=1S/C23H46O7/c24-20-18-16-14-12-10-8-6-4-2-1-3-5-7-9-11-13-15-17-19-21(25,26)23(29,30)22(20,27)28/h20,24-30H,1-19H2. The molecule has 0 radical (unpaired) electrons. The zero-order chi connectivity index (χ0) is 22.5. The third-order valence-electron chi connectivity index (χ3n) is 6.54. The lowest BCUT2D eigenvalue weighted by Crippen LogP contribution is -2.72. The molecule has 0 aromatic heterocycles. The van der Waals surface area contributed by atoms with E-state index in [-0.39, 0.29) is 6.42 Å². The molecule has 7 N–H and O–H groups in total. The summed E-state index contributed by atoms with van der Waals surface area (Å²) < 4.78 is 0. The molecule has 0 aliphatic heterocycles. The van der Waals surface area contributed by atoms with E-state index in [1.54, 1.807) is 0 Å². The van der Waals surface area contributed by atoms with Crippen molar-refractivity contribution in [2.45, 2.75) is 145 Å². The third kappa shape index (κ3) is 9.07. The maximum atomic E-state index is 10.1. The van der Waals surface area contributed by atoms with Crippen LogP contribution in [0.1, 0.15) is 122 Å². The Labute approximate surface area is 181 Å². The first kappa shape index (κ1) is 27.8. The average Bonchev–Trinajstić information content (AvgIpc) is 2.68. The van der Waals surface area contributed by atoms with E-state index >= 15 is 0 Å². The van der Waals surface area contributed by atoms with Crippen molar-refractivity contribution in [2.24, 2.45) is 0 Å². The maximum absolute atomic E-state index is 10.1. The third-order valence-corrected chi connectivity index (χ3v) is 6.54. The molecule has 0 saturated heterocycles. The molecule has 0 heterocycles. The Hall–Kier alpha value is -0.280. The van der Waals surface area contributed by atoms with Crippen molar-refractivity contribution in [3.8, 4) is 0 Å². The van der Waals surface area contributed by atoms with Crippen LogP contribution in [0.5, 0.6) is 0 Å².